The van der Waals surface area contributed by atoms with Gasteiger partial charge >= 0.3 is 0 Å². The molecule has 2 rings (SSSR count). The zero-order chi connectivity index (χ0) is 10.1. The molecule has 1 atom stereocenters. The van der Waals surface area contributed by atoms with Crippen molar-refractivity contribution in [1.82, 2.24) is 4.98 Å². The third-order valence-corrected chi connectivity index (χ3v) is 2.91. The van der Waals surface area contributed by atoms with Gasteiger partial charge in [0.1, 0.15) is 0 Å². The van der Waals surface area contributed by atoms with Gasteiger partial charge in [-0.2, -0.15) is 0 Å². The quantitative estimate of drug-likeness (QED) is 0.846. The van der Waals surface area contributed by atoms with Crippen LogP contribution in [0.4, 0.5) is 0 Å². The average molecular weight is 254 g/mol. The van der Waals surface area contributed by atoms with Gasteiger partial charge < -0.3 is 10.1 Å². The lowest BCUT2D eigenvalue weighted by molar-refractivity contribution is 0.175. The van der Waals surface area contributed by atoms with E-state index in [-0.39, 0.29) is 6.10 Å². The number of H-pyrrole nitrogens is 1. The first-order valence-electron chi connectivity index (χ1n) is 4.67. The number of aromatic amines is 1. The fraction of sp³-hybridized carbons (Fsp3) is 0.273. The van der Waals surface area contributed by atoms with Gasteiger partial charge in [-0.05, 0) is 18.6 Å². The van der Waals surface area contributed by atoms with E-state index in [2.05, 4.69) is 20.9 Å². The maximum Gasteiger partial charge on any atom is 0.0808 e. The molecule has 0 aliphatic carbocycles. The highest BCUT2D eigenvalue weighted by Gasteiger charge is 2.10. The lowest BCUT2D eigenvalue weighted by atomic mass is 10.1. The Kier molecular flexibility index (Phi) is 2.61. The number of benzene rings is 1. The zero-order valence-electron chi connectivity index (χ0n) is 7.92. The molecule has 0 spiro atoms. The molecule has 3 heteroatoms. The number of halogens is 1. The van der Waals surface area contributed by atoms with Crippen molar-refractivity contribution in [3.63, 3.8) is 0 Å². The minimum Gasteiger partial charge on any atom is -0.388 e. The van der Waals surface area contributed by atoms with Crippen LogP contribution in [0.5, 0.6) is 0 Å². The molecule has 0 saturated carbocycles. The van der Waals surface area contributed by atoms with Gasteiger partial charge in [-0.25, -0.2) is 0 Å². The minimum atomic E-state index is -0.370. The zero-order valence-corrected chi connectivity index (χ0v) is 9.51. The Hall–Kier alpha value is -0.800. The highest BCUT2D eigenvalue weighted by Crippen LogP contribution is 2.27. The Labute approximate surface area is 91.1 Å². The molecule has 0 aliphatic rings. The second kappa shape index (κ2) is 3.75. The van der Waals surface area contributed by atoms with Gasteiger partial charge in [0.05, 0.1) is 6.10 Å². The number of aliphatic hydroxyl groups is 1. The predicted octanol–water partition coefficient (Wildman–Crippen LogP) is 3.37. The summed E-state index contributed by atoms with van der Waals surface area (Å²) in [4.78, 5) is 3.15. The summed E-state index contributed by atoms with van der Waals surface area (Å²) in [5, 5.41) is 10.9. The highest BCUT2D eigenvalue weighted by atomic mass is 79.9. The molecule has 1 aromatic heterocycles. The van der Waals surface area contributed by atoms with E-state index in [9.17, 15) is 5.11 Å². The maximum absolute atomic E-state index is 9.75. The fourth-order valence-corrected chi connectivity index (χ4v) is 1.98. The van der Waals surface area contributed by atoms with E-state index in [1.54, 1.807) is 0 Å². The van der Waals surface area contributed by atoms with Crippen molar-refractivity contribution in [2.24, 2.45) is 0 Å². The Bertz CT molecular complexity index is 449. The number of nitrogens with one attached hydrogen (secondary N) is 1. The number of hydrogen-bond donors (Lipinski definition) is 2. The smallest absolute Gasteiger partial charge is 0.0808 e. The lowest BCUT2D eigenvalue weighted by Crippen LogP contribution is -1.92. The number of aliphatic hydroxyl groups excluding tert-OH is 1. The molecule has 14 heavy (non-hydrogen) atoms. The molecule has 0 amide bonds. The van der Waals surface area contributed by atoms with E-state index in [0.717, 1.165) is 27.4 Å². The number of aromatic nitrogens is 1. The van der Waals surface area contributed by atoms with Crippen molar-refractivity contribution in [3.05, 3.63) is 34.4 Å². The molecule has 0 bridgehead atoms. The van der Waals surface area contributed by atoms with E-state index in [1.165, 1.54) is 0 Å². The molecule has 74 valence electrons. The first-order chi connectivity index (χ1) is 6.72. The SMILES string of the molecule is CC[C@H](O)c1c[nH]c2cc(Br)ccc12. The van der Waals surface area contributed by atoms with E-state index in [1.807, 2.05) is 31.3 Å². The molecule has 1 heterocycles. The summed E-state index contributed by atoms with van der Waals surface area (Å²) >= 11 is 3.41. The summed E-state index contributed by atoms with van der Waals surface area (Å²) in [6, 6.07) is 6.02. The summed E-state index contributed by atoms with van der Waals surface area (Å²) in [5.74, 6) is 0. The van der Waals surface area contributed by atoms with Gasteiger partial charge in [0, 0.05) is 27.1 Å². The number of rotatable bonds is 2. The van der Waals surface area contributed by atoms with Gasteiger partial charge in [-0.15, -0.1) is 0 Å². The standard InChI is InChI=1S/C11H12BrNO/c1-2-11(14)9-6-13-10-5-7(12)3-4-8(9)10/h3-6,11,13-14H,2H2,1H3/t11-/m0/s1. The summed E-state index contributed by atoms with van der Waals surface area (Å²) in [6.07, 6.45) is 2.25. The first-order valence-corrected chi connectivity index (χ1v) is 5.46. The van der Waals surface area contributed by atoms with Crippen LogP contribution in [0.1, 0.15) is 25.0 Å². The van der Waals surface area contributed by atoms with Crippen LogP contribution >= 0.6 is 15.9 Å². The van der Waals surface area contributed by atoms with Crippen LogP contribution in [-0.4, -0.2) is 10.1 Å². The van der Waals surface area contributed by atoms with E-state index >= 15 is 0 Å². The molecule has 1 aromatic carbocycles. The van der Waals surface area contributed by atoms with Gasteiger partial charge in [0.15, 0.2) is 0 Å². The molecule has 0 unspecified atom stereocenters. The fourth-order valence-electron chi connectivity index (χ4n) is 1.62. The molecule has 2 aromatic rings. The molecule has 2 nitrogen and oxygen atoms in total. The van der Waals surface area contributed by atoms with Crippen LogP contribution < -0.4 is 0 Å². The van der Waals surface area contributed by atoms with Crippen LogP contribution in [0.15, 0.2) is 28.9 Å². The molecule has 2 N–H and O–H groups in total. The second-order valence-corrected chi connectivity index (χ2v) is 4.27. The average Bonchev–Trinajstić information content (AvgIpc) is 2.59. The van der Waals surface area contributed by atoms with Crippen LogP contribution in [0, 0.1) is 0 Å². The third-order valence-electron chi connectivity index (χ3n) is 2.42. The third kappa shape index (κ3) is 1.57. The van der Waals surface area contributed by atoms with E-state index in [4.69, 9.17) is 0 Å². The Balaban J connectivity index is 2.58. The molecule has 0 fully saturated rings. The summed E-state index contributed by atoms with van der Waals surface area (Å²) in [5.41, 5.74) is 2.04. The summed E-state index contributed by atoms with van der Waals surface area (Å²) in [7, 11) is 0. The highest BCUT2D eigenvalue weighted by molar-refractivity contribution is 9.10. The van der Waals surface area contributed by atoms with Gasteiger partial charge in [-0.3, -0.25) is 0 Å². The van der Waals surface area contributed by atoms with Crippen molar-refractivity contribution >= 4 is 26.8 Å². The molecule has 0 radical (unpaired) electrons. The van der Waals surface area contributed by atoms with Gasteiger partial charge in [0.25, 0.3) is 0 Å². The summed E-state index contributed by atoms with van der Waals surface area (Å²) < 4.78 is 1.05. The van der Waals surface area contributed by atoms with Crippen LogP contribution in [0.3, 0.4) is 0 Å². The first kappa shape index (κ1) is 9.74. The number of hydrogen-bond acceptors (Lipinski definition) is 1. The van der Waals surface area contributed by atoms with E-state index in [0.29, 0.717) is 0 Å². The largest absolute Gasteiger partial charge is 0.388 e. The monoisotopic (exact) mass is 253 g/mol. The second-order valence-electron chi connectivity index (χ2n) is 3.36. The maximum atomic E-state index is 9.75. The van der Waals surface area contributed by atoms with Crippen LogP contribution in [0.25, 0.3) is 10.9 Å². The van der Waals surface area contributed by atoms with Crippen molar-refractivity contribution in [2.75, 3.05) is 0 Å². The Morgan fingerprint density at radius 3 is 3.00 bits per heavy atom. The van der Waals surface area contributed by atoms with Crippen molar-refractivity contribution in [1.29, 1.82) is 0 Å². The van der Waals surface area contributed by atoms with Crippen molar-refractivity contribution in [3.8, 4) is 0 Å². The summed E-state index contributed by atoms with van der Waals surface area (Å²) in [6.45, 7) is 1.97. The van der Waals surface area contributed by atoms with Gasteiger partial charge in [-0.1, -0.05) is 28.9 Å². The molecule has 0 saturated heterocycles. The Morgan fingerprint density at radius 2 is 2.29 bits per heavy atom. The molecular weight excluding hydrogens is 242 g/mol. The normalized spacial score (nSPS) is 13.4. The minimum absolute atomic E-state index is 0.370. The predicted molar refractivity (Wildman–Crippen MR) is 61.2 cm³/mol. The topological polar surface area (TPSA) is 36.0 Å². The number of fused-ring (bicyclic) bond motifs is 1. The van der Waals surface area contributed by atoms with Crippen molar-refractivity contribution in [2.45, 2.75) is 19.4 Å². The molecule has 0 aliphatic heterocycles. The van der Waals surface area contributed by atoms with Crippen LogP contribution in [0.2, 0.25) is 0 Å². The lowest BCUT2D eigenvalue weighted by Gasteiger charge is -2.05. The van der Waals surface area contributed by atoms with E-state index < -0.39 is 0 Å². The van der Waals surface area contributed by atoms with Crippen molar-refractivity contribution < 1.29 is 5.11 Å². The van der Waals surface area contributed by atoms with Crippen LogP contribution in [-0.2, 0) is 0 Å². The molecular formula is C11H12BrNO. The Morgan fingerprint density at radius 1 is 1.50 bits per heavy atom. The van der Waals surface area contributed by atoms with Gasteiger partial charge in [0.2, 0.25) is 0 Å².